The number of hydrogen-bond donors (Lipinski definition) is 0. The molecule has 0 saturated heterocycles. The molecule has 0 saturated carbocycles. The lowest BCUT2D eigenvalue weighted by molar-refractivity contribution is -0.384. The van der Waals surface area contributed by atoms with Crippen LogP contribution in [-0.4, -0.2) is 18.5 Å². The summed E-state index contributed by atoms with van der Waals surface area (Å²) in [5.41, 5.74) is 0.850. The summed E-state index contributed by atoms with van der Waals surface area (Å²) in [7, 11) is 1.87. The summed E-state index contributed by atoms with van der Waals surface area (Å²) in [6, 6.07) is 6.80. The molecule has 0 spiro atoms. The van der Waals surface area contributed by atoms with Gasteiger partial charge in [0.05, 0.1) is 4.92 Å². The van der Waals surface area contributed by atoms with E-state index in [0.29, 0.717) is 5.69 Å². The van der Waals surface area contributed by atoms with Gasteiger partial charge in [0.25, 0.3) is 5.69 Å². The second-order valence-electron chi connectivity index (χ2n) is 3.17. The topological polar surface area (TPSA) is 46.4 Å². The Morgan fingerprint density at radius 2 is 2.07 bits per heavy atom. The lowest BCUT2D eigenvalue weighted by Gasteiger charge is -2.17. The Hall–Kier alpha value is -1.58. The fourth-order valence-corrected chi connectivity index (χ4v) is 1.40. The van der Waals surface area contributed by atoms with E-state index < -0.39 is 0 Å². The summed E-state index contributed by atoms with van der Waals surface area (Å²) in [5, 5.41) is 10.7. The largest absolute Gasteiger partial charge is 0.369 e. The predicted octanol–water partition coefficient (Wildman–Crippen LogP) is 2.44. The van der Waals surface area contributed by atoms with Gasteiger partial charge in [-0.05, 0) is 12.5 Å². The summed E-state index contributed by atoms with van der Waals surface area (Å²) in [6.07, 6.45) is 0.975. The predicted molar refractivity (Wildman–Crippen MR) is 56.7 cm³/mol. The van der Waals surface area contributed by atoms with Gasteiger partial charge in [-0.2, -0.15) is 0 Å². The lowest BCUT2D eigenvalue weighted by atomic mass is 10.2. The molecular weight excluding hydrogens is 180 g/mol. The average Bonchev–Trinajstić information content (AvgIpc) is 2.18. The Labute approximate surface area is 83.3 Å². The molecule has 0 N–H and O–H groups in total. The van der Waals surface area contributed by atoms with Gasteiger partial charge in [0, 0.05) is 19.7 Å². The van der Waals surface area contributed by atoms with E-state index in [-0.39, 0.29) is 10.6 Å². The minimum absolute atomic E-state index is 0.170. The summed E-state index contributed by atoms with van der Waals surface area (Å²) in [4.78, 5) is 12.3. The number of anilines is 1. The number of para-hydroxylation sites is 2. The van der Waals surface area contributed by atoms with Crippen LogP contribution in [0.3, 0.4) is 0 Å². The zero-order valence-corrected chi connectivity index (χ0v) is 8.43. The third kappa shape index (κ3) is 2.22. The van der Waals surface area contributed by atoms with Crippen LogP contribution in [0.25, 0.3) is 0 Å². The molecule has 4 nitrogen and oxygen atoms in total. The van der Waals surface area contributed by atoms with Gasteiger partial charge >= 0.3 is 0 Å². The van der Waals surface area contributed by atoms with Crippen molar-refractivity contribution >= 4 is 11.4 Å². The number of benzene rings is 1. The molecule has 0 radical (unpaired) electrons. The van der Waals surface area contributed by atoms with Gasteiger partial charge in [0.1, 0.15) is 5.69 Å². The van der Waals surface area contributed by atoms with Crippen LogP contribution in [0.2, 0.25) is 0 Å². The average molecular weight is 194 g/mol. The standard InChI is InChI=1S/C10H14N2O2/c1-3-8-11(2)9-6-4-5-7-10(9)12(13)14/h4-7H,3,8H2,1-2H3. The molecule has 0 heterocycles. The van der Waals surface area contributed by atoms with Crippen molar-refractivity contribution < 1.29 is 4.92 Å². The highest BCUT2D eigenvalue weighted by Gasteiger charge is 2.14. The molecule has 0 aliphatic carbocycles. The molecule has 0 fully saturated rings. The van der Waals surface area contributed by atoms with Crippen molar-refractivity contribution in [1.29, 1.82) is 0 Å². The first kappa shape index (κ1) is 10.5. The Kier molecular flexibility index (Phi) is 3.45. The van der Waals surface area contributed by atoms with Gasteiger partial charge in [0.15, 0.2) is 0 Å². The zero-order chi connectivity index (χ0) is 10.6. The molecule has 0 atom stereocenters. The normalized spacial score (nSPS) is 9.86. The Bertz CT molecular complexity index is 326. The molecule has 4 heteroatoms. The molecule has 0 aliphatic heterocycles. The molecule has 1 rings (SSSR count). The van der Waals surface area contributed by atoms with Gasteiger partial charge in [-0.3, -0.25) is 10.1 Å². The van der Waals surface area contributed by atoms with Gasteiger partial charge in [-0.25, -0.2) is 0 Å². The van der Waals surface area contributed by atoms with Crippen molar-refractivity contribution in [2.24, 2.45) is 0 Å². The van der Waals surface area contributed by atoms with E-state index in [0.717, 1.165) is 13.0 Å². The summed E-state index contributed by atoms with van der Waals surface area (Å²) < 4.78 is 0. The van der Waals surface area contributed by atoms with Crippen LogP contribution in [0.4, 0.5) is 11.4 Å². The number of rotatable bonds is 4. The van der Waals surface area contributed by atoms with Gasteiger partial charge in [0.2, 0.25) is 0 Å². The van der Waals surface area contributed by atoms with Crippen LogP contribution in [0.15, 0.2) is 24.3 Å². The minimum Gasteiger partial charge on any atom is -0.369 e. The van der Waals surface area contributed by atoms with E-state index in [1.54, 1.807) is 12.1 Å². The molecule has 0 aliphatic rings. The summed E-state index contributed by atoms with van der Waals surface area (Å²) in [6.45, 7) is 2.87. The third-order valence-corrected chi connectivity index (χ3v) is 2.05. The fourth-order valence-electron chi connectivity index (χ4n) is 1.40. The maximum atomic E-state index is 10.7. The Morgan fingerprint density at radius 3 is 2.64 bits per heavy atom. The number of nitro benzene ring substituents is 1. The van der Waals surface area contributed by atoms with Crippen LogP contribution >= 0.6 is 0 Å². The highest BCUT2D eigenvalue weighted by molar-refractivity contribution is 5.62. The SMILES string of the molecule is CCCN(C)c1ccccc1[N+](=O)[O-]. The second kappa shape index (κ2) is 4.60. The molecule has 76 valence electrons. The van der Waals surface area contributed by atoms with Crippen molar-refractivity contribution in [3.63, 3.8) is 0 Å². The van der Waals surface area contributed by atoms with Crippen molar-refractivity contribution in [3.8, 4) is 0 Å². The lowest BCUT2D eigenvalue weighted by Crippen LogP contribution is -2.18. The van der Waals surface area contributed by atoms with Crippen LogP contribution in [0.5, 0.6) is 0 Å². The van der Waals surface area contributed by atoms with Gasteiger partial charge in [-0.15, -0.1) is 0 Å². The first-order chi connectivity index (χ1) is 6.66. The highest BCUT2D eigenvalue weighted by Crippen LogP contribution is 2.26. The maximum absolute atomic E-state index is 10.7. The van der Waals surface area contributed by atoms with E-state index in [1.165, 1.54) is 6.07 Å². The van der Waals surface area contributed by atoms with Crippen molar-refractivity contribution in [2.45, 2.75) is 13.3 Å². The van der Waals surface area contributed by atoms with Crippen LogP contribution in [0.1, 0.15) is 13.3 Å². The number of hydrogen-bond acceptors (Lipinski definition) is 3. The first-order valence-corrected chi connectivity index (χ1v) is 4.61. The molecule has 0 unspecified atom stereocenters. The smallest absolute Gasteiger partial charge is 0.292 e. The second-order valence-corrected chi connectivity index (χ2v) is 3.17. The summed E-state index contributed by atoms with van der Waals surface area (Å²) >= 11 is 0. The van der Waals surface area contributed by atoms with Crippen molar-refractivity contribution in [3.05, 3.63) is 34.4 Å². The van der Waals surface area contributed by atoms with Gasteiger partial charge < -0.3 is 4.90 Å². The maximum Gasteiger partial charge on any atom is 0.292 e. The van der Waals surface area contributed by atoms with E-state index in [1.807, 2.05) is 24.9 Å². The monoisotopic (exact) mass is 194 g/mol. The van der Waals surface area contributed by atoms with E-state index in [4.69, 9.17) is 0 Å². The molecule has 14 heavy (non-hydrogen) atoms. The Balaban J connectivity index is 3.00. The number of nitrogens with zero attached hydrogens (tertiary/aromatic N) is 2. The molecule has 0 amide bonds. The summed E-state index contributed by atoms with van der Waals surface area (Å²) in [5.74, 6) is 0. The Morgan fingerprint density at radius 1 is 1.43 bits per heavy atom. The van der Waals surface area contributed by atoms with Crippen molar-refractivity contribution in [1.82, 2.24) is 0 Å². The zero-order valence-electron chi connectivity index (χ0n) is 8.43. The fraction of sp³-hybridized carbons (Fsp3) is 0.400. The van der Waals surface area contributed by atoms with Crippen LogP contribution in [-0.2, 0) is 0 Å². The third-order valence-electron chi connectivity index (χ3n) is 2.05. The van der Waals surface area contributed by atoms with Crippen molar-refractivity contribution in [2.75, 3.05) is 18.5 Å². The quantitative estimate of drug-likeness (QED) is 0.546. The number of nitro groups is 1. The van der Waals surface area contributed by atoms with Crippen LogP contribution < -0.4 is 4.90 Å². The molecule has 0 bridgehead atoms. The molecular formula is C10H14N2O2. The molecule has 1 aromatic rings. The van der Waals surface area contributed by atoms with E-state index >= 15 is 0 Å². The first-order valence-electron chi connectivity index (χ1n) is 4.61. The minimum atomic E-state index is -0.346. The van der Waals surface area contributed by atoms with E-state index in [9.17, 15) is 10.1 Å². The molecule has 0 aromatic heterocycles. The highest BCUT2D eigenvalue weighted by atomic mass is 16.6. The van der Waals surface area contributed by atoms with E-state index in [2.05, 4.69) is 0 Å². The van der Waals surface area contributed by atoms with Gasteiger partial charge in [-0.1, -0.05) is 19.1 Å². The molecule has 1 aromatic carbocycles. The van der Waals surface area contributed by atoms with Crippen LogP contribution in [0, 0.1) is 10.1 Å².